The summed E-state index contributed by atoms with van der Waals surface area (Å²) in [5, 5.41) is 0. The molecule has 0 spiro atoms. The van der Waals surface area contributed by atoms with Crippen LogP contribution in [0.2, 0.25) is 0 Å². The van der Waals surface area contributed by atoms with Crippen LogP contribution >= 0.6 is 0 Å². The molecule has 0 aliphatic rings. The number of nitrogens with zero attached hydrogens (tertiary/aromatic N) is 1. The van der Waals surface area contributed by atoms with Crippen molar-refractivity contribution in [1.29, 1.82) is 0 Å². The molecule has 3 heteroatoms. The van der Waals surface area contributed by atoms with E-state index >= 15 is 0 Å². The van der Waals surface area contributed by atoms with Gasteiger partial charge in [0.1, 0.15) is 5.76 Å². The van der Waals surface area contributed by atoms with Gasteiger partial charge in [0.05, 0.1) is 12.8 Å². The van der Waals surface area contributed by atoms with E-state index in [2.05, 4.69) is 39.6 Å². The normalized spacial score (nSPS) is 14.1. The Morgan fingerprint density at radius 1 is 1.22 bits per heavy atom. The molecule has 1 heterocycles. The summed E-state index contributed by atoms with van der Waals surface area (Å²) in [5.41, 5.74) is 6.01. The second-order valence-corrected chi connectivity index (χ2v) is 5.86. The van der Waals surface area contributed by atoms with Gasteiger partial charge in [0, 0.05) is 12.6 Å². The molecule has 1 atom stereocenters. The summed E-state index contributed by atoms with van der Waals surface area (Å²) in [4.78, 5) is 2.32. The van der Waals surface area contributed by atoms with Gasteiger partial charge in [0.2, 0.25) is 0 Å². The molecule has 1 unspecified atom stereocenters. The minimum atomic E-state index is 0.398. The Morgan fingerprint density at radius 2 is 1.83 bits per heavy atom. The molecule has 0 fully saturated rings. The minimum absolute atomic E-state index is 0.398. The zero-order valence-electron chi connectivity index (χ0n) is 12.4. The summed E-state index contributed by atoms with van der Waals surface area (Å²) in [6.45, 7) is 10.7. The lowest BCUT2D eigenvalue weighted by molar-refractivity contribution is 0.102. The number of nitrogens with two attached hydrogens (primary N) is 1. The van der Waals surface area contributed by atoms with Gasteiger partial charge in [0.25, 0.3) is 0 Å². The Labute approximate surface area is 111 Å². The Hall–Kier alpha value is -0.800. The molecule has 0 aliphatic heterocycles. The van der Waals surface area contributed by atoms with E-state index in [1.807, 2.05) is 12.1 Å². The van der Waals surface area contributed by atoms with Crippen LogP contribution in [0.25, 0.3) is 0 Å². The molecule has 0 amide bonds. The van der Waals surface area contributed by atoms with Gasteiger partial charge in [-0.05, 0) is 36.9 Å². The van der Waals surface area contributed by atoms with Gasteiger partial charge in [-0.1, -0.05) is 27.7 Å². The highest BCUT2D eigenvalue weighted by atomic mass is 16.3. The van der Waals surface area contributed by atoms with E-state index in [1.54, 1.807) is 6.26 Å². The lowest BCUT2D eigenvalue weighted by Gasteiger charge is -2.38. The van der Waals surface area contributed by atoms with E-state index < -0.39 is 0 Å². The van der Waals surface area contributed by atoms with E-state index in [1.165, 1.54) is 0 Å². The fourth-order valence-corrected chi connectivity index (χ4v) is 3.05. The second-order valence-electron chi connectivity index (χ2n) is 5.86. The molecule has 0 aliphatic carbocycles. The first-order chi connectivity index (χ1) is 8.47. The Balaban J connectivity index is 2.74. The monoisotopic (exact) mass is 252 g/mol. The molecular formula is C15H28N2O. The van der Waals surface area contributed by atoms with Gasteiger partial charge in [-0.15, -0.1) is 0 Å². The predicted octanol–water partition coefficient (Wildman–Crippen LogP) is 2.97. The topological polar surface area (TPSA) is 42.4 Å². The maximum Gasteiger partial charge on any atom is 0.117 e. The lowest BCUT2D eigenvalue weighted by atomic mass is 9.79. The van der Waals surface area contributed by atoms with Crippen molar-refractivity contribution >= 4 is 0 Å². The molecule has 1 aromatic rings. The van der Waals surface area contributed by atoms with Crippen LogP contribution in [-0.4, -0.2) is 24.5 Å². The second kappa shape index (κ2) is 6.95. The van der Waals surface area contributed by atoms with Crippen LogP contribution in [0.3, 0.4) is 0 Å². The molecule has 0 radical (unpaired) electrons. The summed E-state index contributed by atoms with van der Waals surface area (Å²) in [7, 11) is 2.14. The highest BCUT2D eigenvalue weighted by molar-refractivity contribution is 4.98. The molecule has 0 saturated carbocycles. The summed E-state index contributed by atoms with van der Waals surface area (Å²) in [5.74, 6) is 2.88. The van der Waals surface area contributed by atoms with E-state index in [0.29, 0.717) is 30.3 Å². The van der Waals surface area contributed by atoms with Gasteiger partial charge in [-0.2, -0.15) is 0 Å². The van der Waals surface area contributed by atoms with Crippen molar-refractivity contribution in [2.75, 3.05) is 13.6 Å². The Morgan fingerprint density at radius 3 is 2.22 bits per heavy atom. The van der Waals surface area contributed by atoms with Gasteiger partial charge in [0.15, 0.2) is 0 Å². The third-order valence-electron chi connectivity index (χ3n) is 3.78. The average molecular weight is 252 g/mol. The van der Waals surface area contributed by atoms with Crippen LogP contribution in [0.4, 0.5) is 0 Å². The van der Waals surface area contributed by atoms with Crippen molar-refractivity contribution < 1.29 is 4.42 Å². The number of hydrogen-bond donors (Lipinski definition) is 1. The van der Waals surface area contributed by atoms with Crippen molar-refractivity contribution in [3.05, 3.63) is 24.2 Å². The molecule has 0 saturated heterocycles. The van der Waals surface area contributed by atoms with Crippen molar-refractivity contribution in [1.82, 2.24) is 4.90 Å². The first-order valence-electron chi connectivity index (χ1n) is 6.90. The smallest absolute Gasteiger partial charge is 0.117 e. The molecular weight excluding hydrogens is 224 g/mol. The predicted molar refractivity (Wildman–Crippen MR) is 76.2 cm³/mol. The van der Waals surface area contributed by atoms with E-state index in [-0.39, 0.29) is 0 Å². The molecule has 0 bridgehead atoms. The molecule has 104 valence electrons. The van der Waals surface area contributed by atoms with Crippen molar-refractivity contribution in [3.8, 4) is 0 Å². The lowest BCUT2D eigenvalue weighted by Crippen LogP contribution is -2.46. The SMILES string of the molecule is CC(C)C(C(C)C)C(CN)N(C)Cc1ccco1. The van der Waals surface area contributed by atoms with Crippen LogP contribution in [0.15, 0.2) is 22.8 Å². The summed E-state index contributed by atoms with van der Waals surface area (Å²) >= 11 is 0. The van der Waals surface area contributed by atoms with Crippen LogP contribution in [0.5, 0.6) is 0 Å². The van der Waals surface area contributed by atoms with Gasteiger partial charge in [-0.25, -0.2) is 0 Å². The quantitative estimate of drug-likeness (QED) is 0.811. The van der Waals surface area contributed by atoms with Crippen LogP contribution in [0, 0.1) is 17.8 Å². The van der Waals surface area contributed by atoms with Crippen molar-refractivity contribution in [2.24, 2.45) is 23.5 Å². The Kier molecular flexibility index (Phi) is 5.89. The minimum Gasteiger partial charge on any atom is -0.468 e. The number of hydrogen-bond acceptors (Lipinski definition) is 3. The summed E-state index contributed by atoms with van der Waals surface area (Å²) in [6, 6.07) is 4.35. The fourth-order valence-electron chi connectivity index (χ4n) is 3.05. The third kappa shape index (κ3) is 3.85. The molecule has 18 heavy (non-hydrogen) atoms. The standard InChI is InChI=1S/C15H28N2O/c1-11(2)15(12(3)4)14(9-16)17(5)10-13-7-6-8-18-13/h6-8,11-12,14-15H,9-10,16H2,1-5H3. The highest BCUT2D eigenvalue weighted by Crippen LogP contribution is 2.27. The van der Waals surface area contributed by atoms with Crippen molar-refractivity contribution in [2.45, 2.75) is 40.3 Å². The molecule has 1 aromatic heterocycles. The maximum atomic E-state index is 6.01. The van der Waals surface area contributed by atoms with Crippen LogP contribution in [0.1, 0.15) is 33.5 Å². The zero-order chi connectivity index (χ0) is 13.7. The summed E-state index contributed by atoms with van der Waals surface area (Å²) < 4.78 is 5.42. The molecule has 0 aromatic carbocycles. The maximum absolute atomic E-state index is 6.01. The number of likely N-dealkylation sites (N-methyl/N-ethyl adjacent to an activating group) is 1. The summed E-state index contributed by atoms with van der Waals surface area (Å²) in [6.07, 6.45) is 1.73. The third-order valence-corrected chi connectivity index (χ3v) is 3.78. The number of rotatable bonds is 7. The fraction of sp³-hybridized carbons (Fsp3) is 0.733. The van der Waals surface area contributed by atoms with Gasteiger partial charge in [-0.3, -0.25) is 4.90 Å². The van der Waals surface area contributed by atoms with Gasteiger partial charge >= 0.3 is 0 Å². The molecule has 3 nitrogen and oxygen atoms in total. The first-order valence-corrected chi connectivity index (χ1v) is 6.90. The largest absolute Gasteiger partial charge is 0.468 e. The van der Waals surface area contributed by atoms with Crippen LogP contribution in [-0.2, 0) is 6.54 Å². The van der Waals surface area contributed by atoms with E-state index in [4.69, 9.17) is 10.2 Å². The first kappa shape index (κ1) is 15.3. The van der Waals surface area contributed by atoms with Gasteiger partial charge < -0.3 is 10.2 Å². The molecule has 1 rings (SSSR count). The van der Waals surface area contributed by atoms with Crippen molar-refractivity contribution in [3.63, 3.8) is 0 Å². The van der Waals surface area contributed by atoms with E-state index in [0.717, 1.165) is 12.3 Å². The zero-order valence-corrected chi connectivity index (χ0v) is 12.4. The Bertz CT molecular complexity index is 311. The number of furan rings is 1. The molecule has 2 N–H and O–H groups in total. The van der Waals surface area contributed by atoms with E-state index in [9.17, 15) is 0 Å². The average Bonchev–Trinajstić information content (AvgIpc) is 2.76. The van der Waals surface area contributed by atoms with Crippen LogP contribution < -0.4 is 5.73 Å². The highest BCUT2D eigenvalue weighted by Gasteiger charge is 2.29.